The number of aromatic nitrogens is 1. The fourth-order valence-corrected chi connectivity index (χ4v) is 2.52. The van der Waals surface area contributed by atoms with Gasteiger partial charge in [-0.25, -0.2) is 0 Å². The van der Waals surface area contributed by atoms with E-state index in [2.05, 4.69) is 11.1 Å². The number of nitrogens with one attached hydrogen (secondary N) is 1. The minimum Gasteiger partial charge on any atom is -0.398 e. The van der Waals surface area contributed by atoms with Crippen LogP contribution in [-0.2, 0) is 0 Å². The molecule has 0 aliphatic heterocycles. The van der Waals surface area contributed by atoms with Crippen LogP contribution in [0.5, 0.6) is 0 Å². The van der Waals surface area contributed by atoms with Crippen LogP contribution in [0.2, 0.25) is 0 Å². The van der Waals surface area contributed by atoms with E-state index < -0.39 is 5.91 Å². The Morgan fingerprint density at radius 1 is 1.14 bits per heavy atom. The summed E-state index contributed by atoms with van der Waals surface area (Å²) in [5.74, 6) is -0.498. The molecule has 0 aliphatic carbocycles. The van der Waals surface area contributed by atoms with Crippen molar-refractivity contribution in [3.8, 4) is 17.2 Å². The lowest BCUT2D eigenvalue weighted by Gasteiger charge is -2.09. The van der Waals surface area contributed by atoms with Crippen LogP contribution >= 0.6 is 0 Å². The highest BCUT2D eigenvalue weighted by atomic mass is 16.1. The van der Waals surface area contributed by atoms with Gasteiger partial charge in [-0.2, -0.15) is 5.26 Å². The number of hydrogen-bond acceptors (Lipinski definition) is 3. The molecule has 102 valence electrons. The summed E-state index contributed by atoms with van der Waals surface area (Å²) in [6, 6.07) is 12.7. The molecule has 0 radical (unpaired) electrons. The van der Waals surface area contributed by atoms with E-state index in [9.17, 15) is 10.1 Å². The van der Waals surface area contributed by atoms with Gasteiger partial charge in [0.15, 0.2) is 0 Å². The molecule has 1 amide bonds. The van der Waals surface area contributed by atoms with E-state index in [0.29, 0.717) is 22.3 Å². The summed E-state index contributed by atoms with van der Waals surface area (Å²) >= 11 is 0. The Kier molecular flexibility index (Phi) is 2.85. The summed E-state index contributed by atoms with van der Waals surface area (Å²) in [7, 11) is 0. The van der Waals surface area contributed by atoms with Crippen LogP contribution in [0, 0.1) is 11.3 Å². The van der Waals surface area contributed by atoms with Crippen LogP contribution in [-0.4, -0.2) is 10.9 Å². The van der Waals surface area contributed by atoms with Crippen LogP contribution in [0.4, 0.5) is 5.69 Å². The fourth-order valence-electron chi connectivity index (χ4n) is 2.52. The molecule has 2 aromatic carbocycles. The number of carbonyl (C=O) groups is 1. The van der Waals surface area contributed by atoms with Gasteiger partial charge in [0.25, 0.3) is 5.91 Å². The Morgan fingerprint density at radius 2 is 1.95 bits per heavy atom. The van der Waals surface area contributed by atoms with E-state index in [0.717, 1.165) is 16.5 Å². The average Bonchev–Trinajstić information content (AvgIpc) is 2.95. The molecule has 0 spiro atoms. The Morgan fingerprint density at radius 3 is 2.67 bits per heavy atom. The molecule has 0 unspecified atom stereocenters. The smallest absolute Gasteiger partial charge is 0.250 e. The second-order valence-corrected chi connectivity index (χ2v) is 4.67. The largest absolute Gasteiger partial charge is 0.398 e. The topological polar surface area (TPSA) is 109 Å². The van der Waals surface area contributed by atoms with Gasteiger partial charge < -0.3 is 16.5 Å². The summed E-state index contributed by atoms with van der Waals surface area (Å²) in [4.78, 5) is 14.5. The van der Waals surface area contributed by atoms with Crippen LogP contribution in [0.15, 0.2) is 42.6 Å². The quantitative estimate of drug-likeness (QED) is 0.625. The number of fused-ring (bicyclic) bond motifs is 1. The molecule has 0 saturated carbocycles. The molecule has 3 aromatic rings. The van der Waals surface area contributed by atoms with Crippen molar-refractivity contribution in [2.24, 2.45) is 5.73 Å². The molecule has 5 nitrogen and oxygen atoms in total. The molecule has 0 fully saturated rings. The summed E-state index contributed by atoms with van der Waals surface area (Å²) in [5, 5.41) is 10.1. The van der Waals surface area contributed by atoms with Crippen molar-refractivity contribution in [2.75, 3.05) is 5.73 Å². The maximum Gasteiger partial charge on any atom is 0.250 e. The summed E-state index contributed by atoms with van der Waals surface area (Å²) in [6.07, 6.45) is 1.74. The van der Waals surface area contributed by atoms with Crippen molar-refractivity contribution in [1.29, 1.82) is 5.26 Å². The summed E-state index contributed by atoms with van der Waals surface area (Å²) in [5.41, 5.74) is 14.7. The van der Waals surface area contributed by atoms with Crippen LogP contribution in [0.3, 0.4) is 0 Å². The molecule has 5 heteroatoms. The monoisotopic (exact) mass is 276 g/mol. The number of nitriles is 1. The molecule has 0 atom stereocenters. The van der Waals surface area contributed by atoms with E-state index in [-0.39, 0.29) is 0 Å². The number of aromatic amines is 1. The molecular formula is C16H12N4O. The number of nitrogens with two attached hydrogens (primary N) is 2. The molecule has 3 rings (SSSR count). The molecule has 5 N–H and O–H groups in total. The van der Waals surface area contributed by atoms with Crippen LogP contribution in [0.25, 0.3) is 22.0 Å². The van der Waals surface area contributed by atoms with Gasteiger partial charge in [0, 0.05) is 17.1 Å². The van der Waals surface area contributed by atoms with Crippen molar-refractivity contribution in [1.82, 2.24) is 4.98 Å². The first kappa shape index (κ1) is 12.8. The van der Waals surface area contributed by atoms with Crippen molar-refractivity contribution in [3.63, 3.8) is 0 Å². The zero-order valence-electron chi connectivity index (χ0n) is 11.1. The highest BCUT2D eigenvalue weighted by molar-refractivity contribution is 6.09. The van der Waals surface area contributed by atoms with Crippen molar-refractivity contribution < 1.29 is 4.79 Å². The first-order valence-electron chi connectivity index (χ1n) is 6.32. The second-order valence-electron chi connectivity index (χ2n) is 4.67. The minimum absolute atomic E-state index is 0.418. The number of rotatable bonds is 2. The minimum atomic E-state index is -0.498. The third-order valence-electron chi connectivity index (χ3n) is 3.49. The van der Waals surface area contributed by atoms with Gasteiger partial charge in [-0.3, -0.25) is 4.79 Å². The lowest BCUT2D eigenvalue weighted by molar-refractivity contribution is 0.100. The van der Waals surface area contributed by atoms with Gasteiger partial charge in [-0.1, -0.05) is 18.2 Å². The first-order chi connectivity index (χ1) is 10.1. The SMILES string of the molecule is N#Cc1c(N)cccc1-c1ccc(C(N)=O)c2[nH]ccc12. The van der Waals surface area contributed by atoms with Gasteiger partial charge in [0.05, 0.1) is 22.3 Å². The number of amides is 1. The van der Waals surface area contributed by atoms with E-state index in [4.69, 9.17) is 11.5 Å². The number of primary amides is 1. The van der Waals surface area contributed by atoms with E-state index in [1.165, 1.54) is 0 Å². The Balaban J connectivity index is 2.36. The Hall–Kier alpha value is -3.26. The second kappa shape index (κ2) is 4.69. The summed E-state index contributed by atoms with van der Waals surface area (Å²) < 4.78 is 0. The first-order valence-corrected chi connectivity index (χ1v) is 6.32. The highest BCUT2D eigenvalue weighted by Crippen LogP contribution is 2.34. The van der Waals surface area contributed by atoms with E-state index in [1.54, 1.807) is 30.5 Å². The van der Waals surface area contributed by atoms with Crippen molar-refractivity contribution in [3.05, 3.63) is 53.7 Å². The molecule has 21 heavy (non-hydrogen) atoms. The zero-order chi connectivity index (χ0) is 15.0. The predicted octanol–water partition coefficient (Wildman–Crippen LogP) is 2.39. The van der Waals surface area contributed by atoms with Crippen LogP contribution < -0.4 is 11.5 Å². The fraction of sp³-hybridized carbons (Fsp3) is 0. The number of H-pyrrole nitrogens is 1. The maximum absolute atomic E-state index is 11.5. The molecule has 0 aliphatic rings. The predicted molar refractivity (Wildman–Crippen MR) is 81.4 cm³/mol. The molecule has 1 heterocycles. The van der Waals surface area contributed by atoms with Crippen LogP contribution in [0.1, 0.15) is 15.9 Å². The number of nitrogen functional groups attached to an aromatic ring is 1. The van der Waals surface area contributed by atoms with Crippen molar-refractivity contribution in [2.45, 2.75) is 0 Å². The highest BCUT2D eigenvalue weighted by Gasteiger charge is 2.15. The van der Waals surface area contributed by atoms with Gasteiger partial charge in [-0.05, 0) is 23.8 Å². The normalized spacial score (nSPS) is 10.4. The third-order valence-corrected chi connectivity index (χ3v) is 3.49. The summed E-state index contributed by atoms with van der Waals surface area (Å²) in [6.45, 7) is 0. The number of hydrogen-bond donors (Lipinski definition) is 3. The average molecular weight is 276 g/mol. The van der Waals surface area contributed by atoms with Gasteiger partial charge in [-0.15, -0.1) is 0 Å². The van der Waals surface area contributed by atoms with Gasteiger partial charge >= 0.3 is 0 Å². The maximum atomic E-state index is 11.5. The lowest BCUT2D eigenvalue weighted by atomic mass is 9.95. The van der Waals surface area contributed by atoms with E-state index in [1.807, 2.05) is 12.1 Å². The molecule has 0 bridgehead atoms. The number of benzene rings is 2. The number of nitrogens with zero attached hydrogens (tertiary/aromatic N) is 1. The zero-order valence-corrected chi connectivity index (χ0v) is 11.1. The van der Waals surface area contributed by atoms with Gasteiger partial charge in [0.1, 0.15) is 6.07 Å². The molecule has 1 aromatic heterocycles. The molecular weight excluding hydrogens is 264 g/mol. The Labute approximate surface area is 120 Å². The Bertz CT molecular complexity index is 902. The third kappa shape index (κ3) is 1.90. The van der Waals surface area contributed by atoms with Crippen molar-refractivity contribution >= 4 is 22.5 Å². The number of carbonyl (C=O) groups excluding carboxylic acids is 1. The number of anilines is 1. The van der Waals surface area contributed by atoms with Gasteiger partial charge in [0.2, 0.25) is 0 Å². The standard InChI is InChI=1S/C16H12N4O/c17-8-13-9(2-1-3-14(13)18)10-4-5-12(16(19)21)15-11(10)6-7-20-15/h1-7,20H,18H2,(H2,19,21). The van der Waals surface area contributed by atoms with E-state index >= 15 is 0 Å². The molecule has 0 saturated heterocycles. The lowest BCUT2D eigenvalue weighted by Crippen LogP contribution is -2.11.